The van der Waals surface area contributed by atoms with Gasteiger partial charge in [-0.15, -0.1) is 0 Å². The molecular weight excluding hydrogens is 347 g/mol. The van der Waals surface area contributed by atoms with E-state index in [1.54, 1.807) is 6.07 Å². The quantitative estimate of drug-likeness (QED) is 0.470. The molecule has 0 atom stereocenters. The van der Waals surface area contributed by atoms with Crippen LogP contribution in [0.3, 0.4) is 0 Å². The highest BCUT2D eigenvalue weighted by molar-refractivity contribution is 9.08. The predicted molar refractivity (Wildman–Crippen MR) is 67.0 cm³/mol. The third kappa shape index (κ3) is 4.14. The molecule has 1 aromatic carbocycles. The predicted octanol–water partition coefficient (Wildman–Crippen LogP) is 3.85. The normalized spacial score (nSPS) is 10.9. The highest BCUT2D eigenvalue weighted by Crippen LogP contribution is 2.41. The number of ether oxygens (including phenoxy) is 1. The number of methoxy groups -OCH3 is 1. The van der Waals surface area contributed by atoms with Crippen molar-refractivity contribution >= 4 is 33.7 Å². The van der Waals surface area contributed by atoms with Gasteiger partial charge >= 0.3 is 11.5 Å². The van der Waals surface area contributed by atoms with E-state index in [1.165, 1.54) is 6.07 Å². The SMILES string of the molecule is COC(=O)c1cc(C#N)cc(CBr)c1SC(F)(F)F. The molecule has 102 valence electrons. The molecule has 0 aliphatic rings. The molecule has 0 saturated carbocycles. The van der Waals surface area contributed by atoms with E-state index < -0.39 is 23.2 Å². The second kappa shape index (κ2) is 6.30. The monoisotopic (exact) mass is 353 g/mol. The van der Waals surface area contributed by atoms with Crippen LogP contribution in [-0.2, 0) is 10.1 Å². The van der Waals surface area contributed by atoms with Gasteiger partial charge < -0.3 is 4.74 Å². The first-order chi connectivity index (χ1) is 8.82. The molecule has 8 heteroatoms. The molecule has 0 fully saturated rings. The van der Waals surface area contributed by atoms with Crippen LogP contribution in [-0.4, -0.2) is 18.6 Å². The zero-order valence-corrected chi connectivity index (χ0v) is 11.9. The zero-order chi connectivity index (χ0) is 14.6. The van der Waals surface area contributed by atoms with Crippen LogP contribution >= 0.6 is 27.7 Å². The lowest BCUT2D eigenvalue weighted by molar-refractivity contribution is -0.0328. The smallest absolute Gasteiger partial charge is 0.446 e. The molecule has 0 radical (unpaired) electrons. The number of benzene rings is 1. The van der Waals surface area contributed by atoms with Gasteiger partial charge in [-0.2, -0.15) is 18.4 Å². The lowest BCUT2D eigenvalue weighted by atomic mass is 10.1. The highest BCUT2D eigenvalue weighted by Gasteiger charge is 2.33. The fraction of sp³-hybridized carbons (Fsp3) is 0.273. The number of carbonyl (C=O) groups is 1. The summed E-state index contributed by atoms with van der Waals surface area (Å²) >= 11 is 2.64. The molecule has 1 aromatic rings. The lowest BCUT2D eigenvalue weighted by Crippen LogP contribution is -2.09. The third-order valence-corrected chi connectivity index (χ3v) is 3.58. The Morgan fingerprint density at radius 1 is 1.53 bits per heavy atom. The molecule has 0 aliphatic carbocycles. The molecular formula is C11H7BrF3NO2S. The molecule has 1 rings (SSSR count). The Labute approximate surface area is 119 Å². The molecule has 0 aromatic heterocycles. The van der Waals surface area contributed by atoms with E-state index in [9.17, 15) is 18.0 Å². The first-order valence-electron chi connectivity index (χ1n) is 4.79. The van der Waals surface area contributed by atoms with Crippen molar-refractivity contribution in [2.45, 2.75) is 15.7 Å². The summed E-state index contributed by atoms with van der Waals surface area (Å²) in [7, 11) is 1.07. The second-order valence-electron chi connectivity index (χ2n) is 3.30. The first-order valence-corrected chi connectivity index (χ1v) is 6.73. The number of rotatable bonds is 3. The molecule has 0 spiro atoms. The molecule has 0 saturated heterocycles. The highest BCUT2D eigenvalue weighted by atomic mass is 79.9. The molecule has 0 N–H and O–H groups in total. The van der Waals surface area contributed by atoms with Crippen molar-refractivity contribution in [3.8, 4) is 6.07 Å². The summed E-state index contributed by atoms with van der Waals surface area (Å²) in [4.78, 5) is 11.3. The summed E-state index contributed by atoms with van der Waals surface area (Å²) in [6, 6.07) is 4.18. The van der Waals surface area contributed by atoms with Gasteiger partial charge in [-0.1, -0.05) is 15.9 Å². The number of halogens is 4. The van der Waals surface area contributed by atoms with E-state index in [-0.39, 0.29) is 26.9 Å². The maximum absolute atomic E-state index is 12.5. The van der Waals surface area contributed by atoms with E-state index in [1.807, 2.05) is 0 Å². The molecule has 0 aliphatic heterocycles. The van der Waals surface area contributed by atoms with Crippen LogP contribution in [0, 0.1) is 11.3 Å². The molecule has 0 amide bonds. The maximum Gasteiger partial charge on any atom is 0.446 e. The Bertz CT molecular complexity index is 540. The molecule has 0 bridgehead atoms. The minimum absolute atomic E-state index is 0.0882. The van der Waals surface area contributed by atoms with Crippen LogP contribution in [0.5, 0.6) is 0 Å². The Hall–Kier alpha value is -1.20. The summed E-state index contributed by atoms with van der Waals surface area (Å²) in [5.41, 5.74) is -4.49. The molecule has 3 nitrogen and oxygen atoms in total. The van der Waals surface area contributed by atoms with Gasteiger partial charge in [-0.25, -0.2) is 4.79 Å². The number of nitrogens with zero attached hydrogens (tertiary/aromatic N) is 1. The largest absolute Gasteiger partial charge is 0.465 e. The number of alkyl halides is 4. The molecule has 0 unspecified atom stereocenters. The van der Waals surface area contributed by atoms with Gasteiger partial charge in [0.2, 0.25) is 0 Å². The van der Waals surface area contributed by atoms with Crippen molar-refractivity contribution in [1.82, 2.24) is 0 Å². The van der Waals surface area contributed by atoms with E-state index >= 15 is 0 Å². The average Bonchev–Trinajstić information content (AvgIpc) is 2.36. The topological polar surface area (TPSA) is 50.1 Å². The third-order valence-electron chi connectivity index (χ3n) is 2.06. The Kier molecular flexibility index (Phi) is 5.26. The Morgan fingerprint density at radius 3 is 2.58 bits per heavy atom. The number of carbonyl (C=O) groups excluding carboxylic acids is 1. The Morgan fingerprint density at radius 2 is 2.16 bits per heavy atom. The van der Waals surface area contributed by atoms with Crippen LogP contribution in [0.1, 0.15) is 21.5 Å². The second-order valence-corrected chi connectivity index (χ2v) is 4.93. The first kappa shape index (κ1) is 15.9. The zero-order valence-electron chi connectivity index (χ0n) is 9.55. The Balaban J connectivity index is 3.47. The van der Waals surface area contributed by atoms with E-state index in [4.69, 9.17) is 5.26 Å². The van der Waals surface area contributed by atoms with Crippen molar-refractivity contribution in [3.63, 3.8) is 0 Å². The van der Waals surface area contributed by atoms with Gasteiger partial charge in [0.15, 0.2) is 0 Å². The van der Waals surface area contributed by atoms with Gasteiger partial charge in [0.05, 0.1) is 24.3 Å². The van der Waals surface area contributed by atoms with E-state index in [0.717, 1.165) is 13.2 Å². The van der Waals surface area contributed by atoms with Crippen LogP contribution < -0.4 is 0 Å². The van der Waals surface area contributed by atoms with Crippen molar-refractivity contribution in [2.24, 2.45) is 0 Å². The number of hydrogen-bond donors (Lipinski definition) is 0. The molecule has 0 heterocycles. The van der Waals surface area contributed by atoms with Crippen molar-refractivity contribution < 1.29 is 22.7 Å². The fourth-order valence-electron chi connectivity index (χ4n) is 1.35. The van der Waals surface area contributed by atoms with Crippen molar-refractivity contribution in [3.05, 3.63) is 28.8 Å². The van der Waals surface area contributed by atoms with Crippen LogP contribution in [0.4, 0.5) is 13.2 Å². The van der Waals surface area contributed by atoms with Gasteiger partial charge in [0.1, 0.15) is 0 Å². The lowest BCUT2D eigenvalue weighted by Gasteiger charge is -2.14. The fourth-order valence-corrected chi connectivity index (χ4v) is 2.72. The van der Waals surface area contributed by atoms with E-state index in [0.29, 0.717) is 0 Å². The number of hydrogen-bond acceptors (Lipinski definition) is 4. The number of thioether (sulfide) groups is 1. The summed E-state index contributed by atoms with van der Waals surface area (Å²) < 4.78 is 42.0. The summed E-state index contributed by atoms with van der Waals surface area (Å²) in [6.07, 6.45) is 0. The van der Waals surface area contributed by atoms with Crippen LogP contribution in [0.2, 0.25) is 0 Å². The van der Waals surface area contributed by atoms with Crippen LogP contribution in [0.25, 0.3) is 0 Å². The molecule has 19 heavy (non-hydrogen) atoms. The summed E-state index contributed by atoms with van der Waals surface area (Å²) in [5.74, 6) is -0.911. The van der Waals surface area contributed by atoms with E-state index in [2.05, 4.69) is 20.7 Å². The maximum atomic E-state index is 12.5. The minimum atomic E-state index is -4.53. The van der Waals surface area contributed by atoms with Crippen molar-refractivity contribution in [2.75, 3.05) is 7.11 Å². The number of nitriles is 1. The summed E-state index contributed by atoms with van der Waals surface area (Å²) in [6.45, 7) is 0. The number of esters is 1. The van der Waals surface area contributed by atoms with Crippen LogP contribution in [0.15, 0.2) is 17.0 Å². The van der Waals surface area contributed by atoms with Gasteiger partial charge in [-0.05, 0) is 29.5 Å². The standard InChI is InChI=1S/C11H7BrF3NO2S/c1-18-10(17)8-3-6(5-16)2-7(4-12)9(8)19-11(13,14)15/h2-3H,4H2,1H3. The van der Waals surface area contributed by atoms with Gasteiger partial charge in [-0.3, -0.25) is 0 Å². The minimum Gasteiger partial charge on any atom is -0.465 e. The van der Waals surface area contributed by atoms with Gasteiger partial charge in [0.25, 0.3) is 0 Å². The average molecular weight is 354 g/mol. The van der Waals surface area contributed by atoms with Gasteiger partial charge in [0, 0.05) is 10.2 Å². The van der Waals surface area contributed by atoms with Crippen molar-refractivity contribution in [1.29, 1.82) is 5.26 Å². The summed E-state index contributed by atoms with van der Waals surface area (Å²) in [5, 5.41) is 8.90.